The van der Waals surface area contributed by atoms with Crippen LogP contribution in [0.5, 0.6) is 0 Å². The summed E-state index contributed by atoms with van der Waals surface area (Å²) in [7, 11) is 2.29. The van der Waals surface area contributed by atoms with Crippen molar-refractivity contribution in [3.63, 3.8) is 0 Å². The van der Waals surface area contributed by atoms with Crippen LogP contribution in [-0.2, 0) is 19.6 Å². The van der Waals surface area contributed by atoms with Crippen molar-refractivity contribution in [2.45, 2.75) is 77.5 Å². The average Bonchev–Trinajstić information content (AvgIpc) is 3.21. The number of hydrogen-bond donors (Lipinski definition) is 0. The largest absolute Gasteiger partial charge is 0.347 e. The molecule has 2 aromatic heterocycles. The minimum atomic E-state index is -0.351. The second-order valence-corrected chi connectivity index (χ2v) is 9.60. The molecule has 0 N–H and O–H groups in total. The van der Waals surface area contributed by atoms with E-state index in [2.05, 4.69) is 63.8 Å². The van der Waals surface area contributed by atoms with E-state index in [1.165, 1.54) is 61.2 Å². The highest BCUT2D eigenvalue weighted by Gasteiger charge is 2.18. The fourth-order valence-electron chi connectivity index (χ4n) is 5.34. The number of unbranched alkanes of at least 4 members (excludes halogenated alkanes) is 1. The average molecular weight is 451 g/mol. The topological polar surface area (TPSA) is 24.3 Å². The maximum atomic E-state index is 14.4. The van der Waals surface area contributed by atoms with Gasteiger partial charge in [0.1, 0.15) is 0 Å². The van der Waals surface area contributed by atoms with Gasteiger partial charge >= 0.3 is 0 Å². The monoisotopic (exact) mass is 450 g/mol. The fraction of sp³-hybridized carbons (Fsp3) is 0.536. The summed E-state index contributed by atoms with van der Waals surface area (Å²) < 4.78 is 16.7. The van der Waals surface area contributed by atoms with Gasteiger partial charge in [0.05, 0.1) is 0 Å². The highest BCUT2D eigenvalue weighted by molar-refractivity contribution is 5.83. The van der Waals surface area contributed by atoms with Crippen LogP contribution in [0.2, 0.25) is 0 Å². The molecule has 2 heterocycles. The van der Waals surface area contributed by atoms with Crippen LogP contribution in [0, 0.1) is 5.95 Å². The van der Waals surface area contributed by atoms with Crippen molar-refractivity contribution in [2.24, 2.45) is 0 Å². The zero-order valence-electron chi connectivity index (χ0n) is 20.3. The summed E-state index contributed by atoms with van der Waals surface area (Å²) in [4.78, 5) is 8.83. The van der Waals surface area contributed by atoms with Gasteiger partial charge in [-0.3, -0.25) is 4.90 Å². The molecule has 178 valence electrons. The fourth-order valence-corrected chi connectivity index (χ4v) is 5.34. The first-order valence-corrected chi connectivity index (χ1v) is 12.7. The van der Waals surface area contributed by atoms with E-state index < -0.39 is 0 Å². The summed E-state index contributed by atoms with van der Waals surface area (Å²) >= 11 is 0. The van der Waals surface area contributed by atoms with Crippen molar-refractivity contribution < 1.29 is 4.39 Å². The molecular weight excluding hydrogens is 411 g/mol. The van der Waals surface area contributed by atoms with Gasteiger partial charge in [0.25, 0.3) is 0 Å². The Morgan fingerprint density at radius 3 is 2.52 bits per heavy atom. The predicted molar refractivity (Wildman–Crippen MR) is 135 cm³/mol. The Morgan fingerprint density at radius 2 is 1.73 bits per heavy atom. The van der Waals surface area contributed by atoms with Crippen LogP contribution in [0.15, 0.2) is 48.8 Å². The van der Waals surface area contributed by atoms with E-state index >= 15 is 0 Å². The maximum Gasteiger partial charge on any atom is 0.217 e. The molecule has 4 rings (SSSR count). The molecular formula is C28H39FN4. The Bertz CT molecular complexity index is 1010. The molecule has 0 spiro atoms. The van der Waals surface area contributed by atoms with Crippen molar-refractivity contribution in [2.75, 3.05) is 20.1 Å². The van der Waals surface area contributed by atoms with E-state index in [0.29, 0.717) is 12.1 Å². The molecule has 1 fully saturated rings. The number of halogens is 1. The third kappa shape index (κ3) is 6.21. The third-order valence-electron chi connectivity index (χ3n) is 7.27. The Morgan fingerprint density at radius 1 is 0.970 bits per heavy atom. The minimum Gasteiger partial charge on any atom is -0.347 e. The van der Waals surface area contributed by atoms with Crippen molar-refractivity contribution in [1.82, 2.24) is 19.4 Å². The molecule has 0 saturated heterocycles. The Balaban J connectivity index is 1.42. The molecule has 1 saturated carbocycles. The molecule has 5 heteroatoms. The molecule has 0 aliphatic heterocycles. The molecule has 4 nitrogen and oxygen atoms in total. The van der Waals surface area contributed by atoms with E-state index in [1.807, 2.05) is 12.1 Å². The van der Waals surface area contributed by atoms with Crippen molar-refractivity contribution >= 4 is 10.9 Å². The number of nitrogens with zero attached hydrogens (tertiary/aromatic N) is 4. The quantitative estimate of drug-likeness (QED) is 0.255. The smallest absolute Gasteiger partial charge is 0.217 e. The van der Waals surface area contributed by atoms with Crippen LogP contribution in [-0.4, -0.2) is 45.5 Å². The predicted octanol–water partition coefficient (Wildman–Crippen LogP) is 6.24. The molecule has 1 aliphatic rings. The summed E-state index contributed by atoms with van der Waals surface area (Å²) in [6, 6.07) is 13.1. The van der Waals surface area contributed by atoms with Gasteiger partial charge in [-0.05, 0) is 70.4 Å². The van der Waals surface area contributed by atoms with Crippen molar-refractivity contribution in [3.05, 3.63) is 65.9 Å². The number of benzene rings is 1. The Kier molecular flexibility index (Phi) is 8.51. The summed E-state index contributed by atoms with van der Waals surface area (Å²) in [6.45, 7) is 6.64. The zero-order chi connectivity index (χ0) is 23.0. The van der Waals surface area contributed by atoms with E-state index in [0.717, 1.165) is 38.6 Å². The molecule has 0 atom stereocenters. The number of para-hydroxylation sites is 1. The number of aromatic nitrogens is 2. The number of pyridine rings is 1. The van der Waals surface area contributed by atoms with E-state index in [-0.39, 0.29) is 5.95 Å². The molecule has 33 heavy (non-hydrogen) atoms. The molecule has 1 aliphatic carbocycles. The highest BCUT2D eigenvalue weighted by Crippen LogP contribution is 2.24. The van der Waals surface area contributed by atoms with Gasteiger partial charge in [0, 0.05) is 54.5 Å². The van der Waals surface area contributed by atoms with Gasteiger partial charge in [-0.25, -0.2) is 4.98 Å². The first-order chi connectivity index (χ1) is 16.2. The lowest BCUT2D eigenvalue weighted by atomic mass is 9.94. The van der Waals surface area contributed by atoms with Gasteiger partial charge < -0.3 is 9.47 Å². The van der Waals surface area contributed by atoms with Gasteiger partial charge in [-0.1, -0.05) is 43.5 Å². The number of hydrogen-bond acceptors (Lipinski definition) is 3. The SMILES string of the molecule is CCn1cc(CN(CCCCN(C)C2CCCCC2)Cc2cccnc2F)c2ccccc21. The standard InChI is InChI=1S/C28H39FN4/c1-3-33-22-24(26-15-7-8-16-27(26)33)21-32(20-23-12-11-17-30-28(23)29)19-10-9-18-31(2)25-13-5-4-6-14-25/h7-8,11-12,15-17,22,25H,3-6,9-10,13-14,18-21H2,1-2H3. The van der Waals surface area contributed by atoms with Crippen molar-refractivity contribution in [3.8, 4) is 0 Å². The minimum absolute atomic E-state index is 0.351. The third-order valence-corrected chi connectivity index (χ3v) is 7.27. The Hall–Kier alpha value is -2.24. The van der Waals surface area contributed by atoms with Gasteiger partial charge in [0.2, 0.25) is 5.95 Å². The maximum absolute atomic E-state index is 14.4. The van der Waals surface area contributed by atoms with E-state index in [1.54, 1.807) is 0 Å². The molecule has 0 radical (unpaired) electrons. The van der Waals surface area contributed by atoms with Crippen LogP contribution < -0.4 is 0 Å². The lowest BCUT2D eigenvalue weighted by Gasteiger charge is -2.31. The molecule has 0 unspecified atom stereocenters. The summed E-state index contributed by atoms with van der Waals surface area (Å²) in [6.07, 6.45) is 13.0. The van der Waals surface area contributed by atoms with Crippen LogP contribution >= 0.6 is 0 Å². The molecule has 0 amide bonds. The first-order valence-electron chi connectivity index (χ1n) is 12.7. The lowest BCUT2D eigenvalue weighted by Crippen LogP contribution is -2.34. The van der Waals surface area contributed by atoms with Crippen molar-refractivity contribution in [1.29, 1.82) is 0 Å². The number of rotatable bonds is 11. The first kappa shape index (κ1) is 23.9. The van der Waals surface area contributed by atoms with Crippen LogP contribution in [0.4, 0.5) is 4.39 Å². The summed E-state index contributed by atoms with van der Waals surface area (Å²) in [5.74, 6) is -0.351. The molecule has 0 bridgehead atoms. The normalized spacial score (nSPS) is 15.2. The lowest BCUT2D eigenvalue weighted by molar-refractivity contribution is 0.182. The second-order valence-electron chi connectivity index (χ2n) is 9.60. The van der Waals surface area contributed by atoms with Crippen LogP contribution in [0.25, 0.3) is 10.9 Å². The van der Waals surface area contributed by atoms with Crippen LogP contribution in [0.1, 0.15) is 63.0 Å². The van der Waals surface area contributed by atoms with Gasteiger partial charge in [0.15, 0.2) is 0 Å². The summed E-state index contributed by atoms with van der Waals surface area (Å²) in [5.41, 5.74) is 3.27. The van der Waals surface area contributed by atoms with Crippen LogP contribution in [0.3, 0.4) is 0 Å². The molecule has 3 aromatic rings. The Labute approximate surface area is 198 Å². The molecule has 1 aromatic carbocycles. The van der Waals surface area contributed by atoms with Gasteiger partial charge in [-0.15, -0.1) is 0 Å². The second kappa shape index (κ2) is 11.8. The number of aryl methyl sites for hydroxylation is 1. The van der Waals surface area contributed by atoms with E-state index in [9.17, 15) is 4.39 Å². The zero-order valence-corrected chi connectivity index (χ0v) is 20.3. The van der Waals surface area contributed by atoms with Gasteiger partial charge in [-0.2, -0.15) is 4.39 Å². The van der Waals surface area contributed by atoms with E-state index in [4.69, 9.17) is 0 Å². The highest BCUT2D eigenvalue weighted by atomic mass is 19.1. The summed E-state index contributed by atoms with van der Waals surface area (Å²) in [5, 5.41) is 1.30. The number of fused-ring (bicyclic) bond motifs is 1.